The van der Waals surface area contributed by atoms with Gasteiger partial charge < -0.3 is 20.3 Å². The smallest absolute Gasteiger partial charge is 0.191 e. The van der Waals surface area contributed by atoms with Gasteiger partial charge in [-0.2, -0.15) is 0 Å². The number of thiophene rings is 1. The zero-order chi connectivity index (χ0) is 21.3. The lowest BCUT2D eigenvalue weighted by Crippen LogP contribution is -2.45. The van der Waals surface area contributed by atoms with Crippen molar-refractivity contribution in [1.29, 1.82) is 0 Å². The molecule has 1 aromatic carbocycles. The third-order valence-electron chi connectivity index (χ3n) is 5.72. The van der Waals surface area contributed by atoms with E-state index in [1.807, 2.05) is 30.5 Å². The number of hydrogen-bond donors (Lipinski definition) is 2. The van der Waals surface area contributed by atoms with Gasteiger partial charge in [0.15, 0.2) is 5.96 Å². The second-order valence-electron chi connectivity index (χ2n) is 7.83. The predicted molar refractivity (Wildman–Crippen MR) is 142 cm³/mol. The van der Waals surface area contributed by atoms with Crippen molar-refractivity contribution in [3.63, 3.8) is 0 Å². The summed E-state index contributed by atoms with van der Waals surface area (Å²) in [5.41, 5.74) is 1.17. The van der Waals surface area contributed by atoms with Crippen molar-refractivity contribution in [3.8, 4) is 5.75 Å². The summed E-state index contributed by atoms with van der Waals surface area (Å²) in [6, 6.07) is 13.2. The van der Waals surface area contributed by atoms with Gasteiger partial charge in [-0.1, -0.05) is 24.3 Å². The predicted octanol–water partition coefficient (Wildman–Crippen LogP) is 3.98. The van der Waals surface area contributed by atoms with E-state index in [2.05, 4.69) is 69.2 Å². The lowest BCUT2D eigenvalue weighted by molar-refractivity contribution is 0.248. The minimum absolute atomic E-state index is 0. The first-order valence-corrected chi connectivity index (χ1v) is 11.5. The summed E-state index contributed by atoms with van der Waals surface area (Å²) in [6.07, 6.45) is 2.58. The van der Waals surface area contributed by atoms with E-state index in [4.69, 9.17) is 4.74 Å². The van der Waals surface area contributed by atoms with Crippen LogP contribution in [0.25, 0.3) is 0 Å². The Morgan fingerprint density at radius 3 is 2.45 bits per heavy atom. The van der Waals surface area contributed by atoms with Gasteiger partial charge in [-0.05, 0) is 57.5 Å². The third-order valence-corrected chi connectivity index (χ3v) is 6.70. The number of benzene rings is 1. The van der Waals surface area contributed by atoms with E-state index in [0.29, 0.717) is 6.04 Å². The van der Waals surface area contributed by atoms with Crippen LogP contribution in [0.3, 0.4) is 0 Å². The molecule has 0 bridgehead atoms. The Morgan fingerprint density at radius 2 is 1.84 bits per heavy atom. The molecule has 2 atom stereocenters. The zero-order valence-corrected chi connectivity index (χ0v) is 22.2. The van der Waals surface area contributed by atoms with E-state index >= 15 is 0 Å². The van der Waals surface area contributed by atoms with Crippen LogP contribution >= 0.6 is 35.3 Å². The molecule has 6 nitrogen and oxygen atoms in total. The maximum absolute atomic E-state index is 5.58. The average molecular weight is 558 g/mol. The molecule has 2 aromatic rings. The number of nitrogens with one attached hydrogen (secondary N) is 2. The molecule has 1 aromatic heterocycles. The molecule has 172 valence electrons. The average Bonchev–Trinajstić information content (AvgIpc) is 3.47. The number of rotatable bonds is 9. The summed E-state index contributed by atoms with van der Waals surface area (Å²) >= 11 is 1.84. The van der Waals surface area contributed by atoms with Crippen LogP contribution in [0, 0.1) is 0 Å². The molecular formula is C23H36IN5OS. The topological polar surface area (TPSA) is 52.1 Å². The van der Waals surface area contributed by atoms with Gasteiger partial charge >= 0.3 is 0 Å². The molecule has 8 heteroatoms. The van der Waals surface area contributed by atoms with Gasteiger partial charge in [0.1, 0.15) is 5.75 Å². The van der Waals surface area contributed by atoms with E-state index < -0.39 is 0 Å². The number of para-hydroxylation sites is 1. The summed E-state index contributed by atoms with van der Waals surface area (Å²) in [7, 11) is 7.74. The Morgan fingerprint density at radius 1 is 1.13 bits per heavy atom. The third kappa shape index (κ3) is 7.06. The maximum atomic E-state index is 5.58. The number of likely N-dealkylation sites (tertiary alicyclic amines) is 1. The molecule has 0 radical (unpaired) electrons. The number of halogens is 1. The molecule has 0 saturated carbocycles. The van der Waals surface area contributed by atoms with Crippen molar-refractivity contribution >= 4 is 41.3 Å². The van der Waals surface area contributed by atoms with Crippen LogP contribution in [0.5, 0.6) is 5.75 Å². The van der Waals surface area contributed by atoms with E-state index in [0.717, 1.165) is 24.8 Å². The van der Waals surface area contributed by atoms with Crippen molar-refractivity contribution in [2.24, 2.45) is 4.99 Å². The molecule has 1 fully saturated rings. The van der Waals surface area contributed by atoms with Gasteiger partial charge in [0.25, 0.3) is 0 Å². The highest BCUT2D eigenvalue weighted by atomic mass is 127. The molecule has 0 aliphatic carbocycles. The van der Waals surface area contributed by atoms with E-state index in [-0.39, 0.29) is 30.0 Å². The Labute approximate surface area is 208 Å². The first-order valence-electron chi connectivity index (χ1n) is 10.6. The number of methoxy groups -OCH3 is 1. The lowest BCUT2D eigenvalue weighted by atomic mass is 10.0. The SMILES string of the molecule is CN=C(NCC(c1ccccc1OC)N(C)C)NCC(c1cccs1)N1CCCC1.I. The number of guanidine groups is 1. The quantitative estimate of drug-likeness (QED) is 0.278. The minimum Gasteiger partial charge on any atom is -0.496 e. The summed E-state index contributed by atoms with van der Waals surface area (Å²) in [5, 5.41) is 9.25. The van der Waals surface area contributed by atoms with Crippen LogP contribution in [-0.2, 0) is 0 Å². The fraction of sp³-hybridized carbons (Fsp3) is 0.522. The van der Waals surface area contributed by atoms with E-state index in [1.165, 1.54) is 36.4 Å². The molecular weight excluding hydrogens is 521 g/mol. The van der Waals surface area contributed by atoms with Gasteiger partial charge in [0, 0.05) is 30.6 Å². The highest BCUT2D eigenvalue weighted by Crippen LogP contribution is 2.28. The number of nitrogens with zero attached hydrogens (tertiary/aromatic N) is 3. The molecule has 1 saturated heterocycles. The van der Waals surface area contributed by atoms with Gasteiger partial charge in [-0.3, -0.25) is 9.89 Å². The van der Waals surface area contributed by atoms with Crippen LogP contribution in [0.1, 0.15) is 35.4 Å². The second kappa shape index (κ2) is 13.2. The monoisotopic (exact) mass is 557 g/mol. The summed E-state index contributed by atoms with van der Waals surface area (Å²) in [6.45, 7) is 3.93. The first kappa shape index (κ1) is 25.9. The van der Waals surface area contributed by atoms with Crippen molar-refractivity contribution < 1.29 is 4.74 Å². The lowest BCUT2D eigenvalue weighted by Gasteiger charge is -2.29. The Bertz CT molecular complexity index is 793. The normalized spacial score (nSPS) is 16.6. The molecule has 0 amide bonds. The Kier molecular flexibility index (Phi) is 11.1. The number of aliphatic imine (C=N–C) groups is 1. The minimum atomic E-state index is 0. The van der Waals surface area contributed by atoms with Crippen molar-refractivity contribution in [2.45, 2.75) is 24.9 Å². The number of ether oxygens (including phenoxy) is 1. The fourth-order valence-corrected chi connectivity index (χ4v) is 4.92. The van der Waals surface area contributed by atoms with Gasteiger partial charge in [0.2, 0.25) is 0 Å². The fourth-order valence-electron chi connectivity index (χ4n) is 4.06. The largest absolute Gasteiger partial charge is 0.496 e. The maximum Gasteiger partial charge on any atom is 0.191 e. The molecule has 31 heavy (non-hydrogen) atoms. The summed E-state index contributed by atoms with van der Waals surface area (Å²) in [4.78, 5) is 10.7. The van der Waals surface area contributed by atoms with E-state index in [1.54, 1.807) is 7.11 Å². The van der Waals surface area contributed by atoms with Crippen molar-refractivity contribution in [1.82, 2.24) is 20.4 Å². The van der Waals surface area contributed by atoms with E-state index in [9.17, 15) is 0 Å². The van der Waals surface area contributed by atoms with Crippen molar-refractivity contribution in [3.05, 3.63) is 52.2 Å². The summed E-state index contributed by atoms with van der Waals surface area (Å²) < 4.78 is 5.58. The molecule has 3 rings (SSSR count). The van der Waals surface area contributed by atoms with Crippen LogP contribution in [0.2, 0.25) is 0 Å². The van der Waals surface area contributed by atoms with Crippen LogP contribution in [-0.4, -0.2) is 70.2 Å². The molecule has 2 N–H and O–H groups in total. The number of hydrogen-bond acceptors (Lipinski definition) is 5. The Balaban J connectivity index is 0.00000341. The second-order valence-corrected chi connectivity index (χ2v) is 8.81. The Hall–Kier alpha value is -1.36. The van der Waals surface area contributed by atoms with Crippen LogP contribution < -0.4 is 15.4 Å². The number of likely N-dealkylation sites (N-methyl/N-ethyl adjacent to an activating group) is 1. The van der Waals surface area contributed by atoms with Gasteiger partial charge in [0.05, 0.1) is 19.2 Å². The molecule has 2 heterocycles. The molecule has 0 spiro atoms. The van der Waals surface area contributed by atoms with Crippen molar-refractivity contribution in [2.75, 3.05) is 54.4 Å². The van der Waals surface area contributed by atoms with Gasteiger partial charge in [-0.25, -0.2) is 0 Å². The van der Waals surface area contributed by atoms with Crippen LogP contribution in [0.15, 0.2) is 46.8 Å². The van der Waals surface area contributed by atoms with Crippen LogP contribution in [0.4, 0.5) is 0 Å². The highest BCUT2D eigenvalue weighted by Gasteiger charge is 2.25. The molecule has 2 unspecified atom stereocenters. The zero-order valence-electron chi connectivity index (χ0n) is 19.0. The first-order chi connectivity index (χ1) is 14.6. The molecule has 1 aliphatic heterocycles. The highest BCUT2D eigenvalue weighted by molar-refractivity contribution is 14.0. The summed E-state index contributed by atoms with van der Waals surface area (Å²) in [5.74, 6) is 1.74. The standard InChI is InChI=1S/C23H35N5OS.HI/c1-24-23(25-16-19(27(2)3)18-10-5-6-11-21(18)29-4)26-17-20(22-12-9-15-30-22)28-13-7-8-14-28;/h5-6,9-12,15,19-20H,7-8,13-14,16-17H2,1-4H3,(H2,24,25,26);1H. The van der Waals surface area contributed by atoms with Gasteiger partial charge in [-0.15, -0.1) is 35.3 Å². The molecule has 1 aliphatic rings.